The maximum Gasteiger partial charge on any atom is 0.161 e. The number of methoxy groups -OCH3 is 1. The van der Waals surface area contributed by atoms with Crippen LogP contribution in [0, 0.1) is 11.3 Å². The van der Waals surface area contributed by atoms with Gasteiger partial charge in [0.05, 0.1) is 25.0 Å². The minimum Gasteiger partial charge on any atom is -0.493 e. The summed E-state index contributed by atoms with van der Waals surface area (Å²) in [5, 5.41) is 20.5. The van der Waals surface area contributed by atoms with Crippen LogP contribution in [0.1, 0.15) is 16.7 Å². The first-order valence-electron chi connectivity index (χ1n) is 6.24. The van der Waals surface area contributed by atoms with E-state index < -0.39 is 0 Å². The zero-order valence-corrected chi connectivity index (χ0v) is 11.5. The molecular formula is C16H14N2O3. The average molecular weight is 282 g/mol. The molecule has 0 saturated heterocycles. The monoisotopic (exact) mass is 282 g/mol. The van der Waals surface area contributed by atoms with Gasteiger partial charge in [-0.3, -0.25) is 0 Å². The van der Waals surface area contributed by atoms with Crippen molar-refractivity contribution in [3.05, 3.63) is 59.2 Å². The lowest BCUT2D eigenvalue weighted by atomic mass is 10.1. The molecule has 0 aliphatic carbocycles. The summed E-state index contributed by atoms with van der Waals surface area (Å²) in [6.45, 7) is 0.271. The van der Waals surface area contributed by atoms with Crippen LogP contribution in [-0.2, 0) is 6.61 Å². The molecule has 0 fully saturated rings. The zero-order chi connectivity index (χ0) is 15.1. The van der Waals surface area contributed by atoms with E-state index in [1.165, 1.54) is 13.3 Å². The fraction of sp³-hybridized carbons (Fsp3) is 0.125. The van der Waals surface area contributed by atoms with Crippen molar-refractivity contribution >= 4 is 6.21 Å². The molecule has 0 heterocycles. The molecule has 0 aliphatic heterocycles. The predicted molar refractivity (Wildman–Crippen MR) is 77.9 cm³/mol. The largest absolute Gasteiger partial charge is 0.493 e. The molecule has 0 amide bonds. The molecule has 106 valence electrons. The van der Waals surface area contributed by atoms with Gasteiger partial charge in [0, 0.05) is 11.1 Å². The molecule has 2 aromatic carbocycles. The van der Waals surface area contributed by atoms with Gasteiger partial charge in [-0.2, -0.15) is 5.26 Å². The molecule has 0 radical (unpaired) electrons. The Balaban J connectivity index is 2.18. The van der Waals surface area contributed by atoms with E-state index in [1.54, 1.807) is 24.3 Å². The van der Waals surface area contributed by atoms with Gasteiger partial charge in [0.15, 0.2) is 11.5 Å². The van der Waals surface area contributed by atoms with Crippen LogP contribution in [0.4, 0.5) is 0 Å². The standard InChI is InChI=1S/C16H14N2O3/c1-20-16-8-12(10-18-19)6-7-15(16)21-11-14-5-3-2-4-13(14)9-17/h2-8,10,19H,11H2,1H3/b18-10-. The number of hydrogen-bond acceptors (Lipinski definition) is 5. The van der Waals surface area contributed by atoms with Crippen molar-refractivity contribution in [1.82, 2.24) is 0 Å². The topological polar surface area (TPSA) is 74.8 Å². The van der Waals surface area contributed by atoms with Crippen molar-refractivity contribution in [3.63, 3.8) is 0 Å². The van der Waals surface area contributed by atoms with Crippen LogP contribution in [0.25, 0.3) is 0 Å². The van der Waals surface area contributed by atoms with E-state index in [0.717, 1.165) is 5.56 Å². The molecule has 21 heavy (non-hydrogen) atoms. The van der Waals surface area contributed by atoms with Gasteiger partial charge in [-0.05, 0) is 24.3 Å². The summed E-state index contributed by atoms with van der Waals surface area (Å²) in [4.78, 5) is 0. The number of nitrogens with zero attached hydrogens (tertiary/aromatic N) is 2. The molecule has 0 unspecified atom stereocenters. The molecule has 5 nitrogen and oxygen atoms in total. The summed E-state index contributed by atoms with van der Waals surface area (Å²) in [5.41, 5.74) is 2.09. The van der Waals surface area contributed by atoms with Gasteiger partial charge in [0.1, 0.15) is 6.61 Å². The minimum atomic E-state index is 0.271. The normalized spacial score (nSPS) is 10.3. The van der Waals surface area contributed by atoms with Crippen molar-refractivity contribution in [2.45, 2.75) is 6.61 Å². The molecular weight excluding hydrogens is 268 g/mol. The highest BCUT2D eigenvalue weighted by Gasteiger charge is 2.07. The highest BCUT2D eigenvalue weighted by molar-refractivity contribution is 5.80. The molecule has 0 aromatic heterocycles. The highest BCUT2D eigenvalue weighted by Crippen LogP contribution is 2.28. The van der Waals surface area contributed by atoms with E-state index >= 15 is 0 Å². The average Bonchev–Trinajstić information content (AvgIpc) is 2.54. The van der Waals surface area contributed by atoms with Crippen LogP contribution in [0.15, 0.2) is 47.6 Å². The number of benzene rings is 2. The van der Waals surface area contributed by atoms with E-state index in [9.17, 15) is 0 Å². The maximum absolute atomic E-state index is 9.04. The van der Waals surface area contributed by atoms with E-state index in [1.807, 2.05) is 18.2 Å². The molecule has 1 N–H and O–H groups in total. The number of nitriles is 1. The first-order valence-corrected chi connectivity index (χ1v) is 6.24. The lowest BCUT2D eigenvalue weighted by Crippen LogP contribution is -2.00. The molecule has 2 aromatic rings. The molecule has 5 heteroatoms. The third kappa shape index (κ3) is 3.51. The van der Waals surface area contributed by atoms with Crippen LogP contribution in [0.3, 0.4) is 0 Å². The molecule has 0 bridgehead atoms. The number of hydrogen-bond donors (Lipinski definition) is 1. The molecule has 0 spiro atoms. The van der Waals surface area contributed by atoms with Crippen molar-refractivity contribution < 1.29 is 14.7 Å². The first-order chi connectivity index (χ1) is 10.3. The van der Waals surface area contributed by atoms with Crippen molar-refractivity contribution in [2.24, 2.45) is 5.16 Å². The molecule has 0 aliphatic rings. The Kier molecular flexibility index (Phi) is 4.78. The molecule has 0 atom stereocenters. The van der Waals surface area contributed by atoms with E-state index in [-0.39, 0.29) is 6.61 Å². The van der Waals surface area contributed by atoms with Crippen LogP contribution < -0.4 is 9.47 Å². The molecule has 0 saturated carbocycles. The Morgan fingerprint density at radius 3 is 2.76 bits per heavy atom. The quantitative estimate of drug-likeness (QED) is 0.519. The Morgan fingerprint density at radius 2 is 2.05 bits per heavy atom. The second-order valence-corrected chi connectivity index (χ2v) is 4.21. The second kappa shape index (κ2) is 6.96. The maximum atomic E-state index is 9.04. The lowest BCUT2D eigenvalue weighted by molar-refractivity contribution is 0.284. The Bertz CT molecular complexity index is 690. The highest BCUT2D eigenvalue weighted by atomic mass is 16.5. The van der Waals surface area contributed by atoms with Crippen LogP contribution in [0.2, 0.25) is 0 Å². The lowest BCUT2D eigenvalue weighted by Gasteiger charge is -2.11. The third-order valence-corrected chi connectivity index (χ3v) is 2.92. The van der Waals surface area contributed by atoms with E-state index in [0.29, 0.717) is 22.6 Å². The van der Waals surface area contributed by atoms with Crippen molar-refractivity contribution in [2.75, 3.05) is 7.11 Å². The SMILES string of the molecule is COc1cc(/C=N\O)ccc1OCc1ccccc1C#N. The van der Waals surface area contributed by atoms with Crippen LogP contribution in [-0.4, -0.2) is 18.5 Å². The summed E-state index contributed by atoms with van der Waals surface area (Å²) in [7, 11) is 1.53. The fourth-order valence-electron chi connectivity index (χ4n) is 1.86. The number of ether oxygens (including phenoxy) is 2. The number of oxime groups is 1. The fourth-order valence-corrected chi connectivity index (χ4v) is 1.86. The number of rotatable bonds is 5. The Hall–Kier alpha value is -3.00. The van der Waals surface area contributed by atoms with Gasteiger partial charge in [-0.25, -0.2) is 0 Å². The van der Waals surface area contributed by atoms with E-state index in [4.69, 9.17) is 19.9 Å². The smallest absolute Gasteiger partial charge is 0.161 e. The minimum absolute atomic E-state index is 0.271. The van der Waals surface area contributed by atoms with Crippen molar-refractivity contribution in [3.8, 4) is 17.6 Å². The van der Waals surface area contributed by atoms with Crippen molar-refractivity contribution in [1.29, 1.82) is 5.26 Å². The van der Waals surface area contributed by atoms with Gasteiger partial charge >= 0.3 is 0 Å². The van der Waals surface area contributed by atoms with Gasteiger partial charge in [-0.1, -0.05) is 23.4 Å². The summed E-state index contributed by atoms with van der Waals surface area (Å²) < 4.78 is 11.0. The van der Waals surface area contributed by atoms with Crippen LogP contribution >= 0.6 is 0 Å². The van der Waals surface area contributed by atoms with E-state index in [2.05, 4.69) is 11.2 Å². The zero-order valence-electron chi connectivity index (χ0n) is 11.5. The first kappa shape index (κ1) is 14.4. The van der Waals surface area contributed by atoms with Gasteiger partial charge in [-0.15, -0.1) is 0 Å². The van der Waals surface area contributed by atoms with Crippen LogP contribution in [0.5, 0.6) is 11.5 Å². The second-order valence-electron chi connectivity index (χ2n) is 4.21. The van der Waals surface area contributed by atoms with Gasteiger partial charge < -0.3 is 14.7 Å². The summed E-state index contributed by atoms with van der Waals surface area (Å²) in [6, 6.07) is 14.6. The summed E-state index contributed by atoms with van der Waals surface area (Å²) in [6.07, 6.45) is 1.30. The summed E-state index contributed by atoms with van der Waals surface area (Å²) >= 11 is 0. The third-order valence-electron chi connectivity index (χ3n) is 2.92. The predicted octanol–water partition coefficient (Wildman–Crippen LogP) is 2.95. The van der Waals surface area contributed by atoms with Gasteiger partial charge in [0.2, 0.25) is 0 Å². The summed E-state index contributed by atoms with van der Waals surface area (Å²) in [5.74, 6) is 1.09. The van der Waals surface area contributed by atoms with Gasteiger partial charge in [0.25, 0.3) is 0 Å². The Morgan fingerprint density at radius 1 is 1.24 bits per heavy atom. The Labute approximate surface area is 122 Å². The molecule has 2 rings (SSSR count).